The molecule has 158 valence electrons. The smallest absolute Gasteiger partial charge is 0.253 e. The number of aromatic nitrogens is 2. The van der Waals surface area contributed by atoms with Gasteiger partial charge in [0.25, 0.3) is 5.91 Å². The number of hydrogen-bond acceptors (Lipinski definition) is 4. The Morgan fingerprint density at radius 1 is 1.06 bits per heavy atom. The van der Waals surface area contributed by atoms with Crippen molar-refractivity contribution in [3.63, 3.8) is 0 Å². The number of rotatable bonds is 2. The van der Waals surface area contributed by atoms with Gasteiger partial charge in [0.2, 0.25) is 0 Å². The van der Waals surface area contributed by atoms with E-state index >= 15 is 0 Å². The number of likely N-dealkylation sites (tertiary alicyclic amines) is 1. The summed E-state index contributed by atoms with van der Waals surface area (Å²) >= 11 is 0. The standard InChI is InChI=1S/C25H26N4O2/c30-21-12-24(11-20-15-29(27-22(20)21)25-8-16(9-25)10-25)3-5-28(6-4-24)23(31)17-1-2-18-13-26-14-19(18)7-17/h1-2,7,14-16H,3-6,8-13H2. The van der Waals surface area contributed by atoms with Crippen molar-refractivity contribution in [3.8, 4) is 0 Å². The van der Waals surface area contributed by atoms with Crippen molar-refractivity contribution in [1.82, 2.24) is 14.7 Å². The number of amides is 1. The van der Waals surface area contributed by atoms with E-state index in [0.717, 1.165) is 41.9 Å². The molecule has 3 heterocycles. The molecule has 1 amide bonds. The van der Waals surface area contributed by atoms with Gasteiger partial charge in [0.05, 0.1) is 12.1 Å². The van der Waals surface area contributed by atoms with Crippen molar-refractivity contribution in [2.45, 2.75) is 57.0 Å². The third-order valence-corrected chi connectivity index (χ3v) is 8.64. The molecule has 6 aliphatic rings. The number of piperidine rings is 1. The second-order valence-corrected chi connectivity index (χ2v) is 10.6. The Hall–Kier alpha value is -2.76. The van der Waals surface area contributed by atoms with Crippen LogP contribution in [0.3, 0.4) is 0 Å². The van der Waals surface area contributed by atoms with Crippen LogP contribution in [-0.2, 0) is 18.5 Å². The molecule has 1 saturated heterocycles. The zero-order valence-corrected chi connectivity index (χ0v) is 17.6. The van der Waals surface area contributed by atoms with Crippen molar-refractivity contribution in [1.29, 1.82) is 0 Å². The van der Waals surface area contributed by atoms with E-state index in [1.807, 2.05) is 29.3 Å². The first-order valence-corrected chi connectivity index (χ1v) is 11.6. The second kappa shape index (κ2) is 5.93. The van der Waals surface area contributed by atoms with Crippen molar-refractivity contribution in [2.75, 3.05) is 13.1 Å². The number of nitrogens with zero attached hydrogens (tertiary/aromatic N) is 4. The summed E-state index contributed by atoms with van der Waals surface area (Å²) in [5.74, 6) is 1.18. The number of ketones is 1. The Bertz CT molecular complexity index is 1150. The first-order valence-electron chi connectivity index (χ1n) is 11.6. The van der Waals surface area contributed by atoms with E-state index in [-0.39, 0.29) is 22.6 Å². The number of carbonyl (C=O) groups excluding carboxylic acids is 2. The van der Waals surface area contributed by atoms with E-state index in [4.69, 9.17) is 5.10 Å². The topological polar surface area (TPSA) is 67.6 Å². The van der Waals surface area contributed by atoms with Gasteiger partial charge in [0.15, 0.2) is 5.78 Å². The molecule has 3 saturated carbocycles. The van der Waals surface area contributed by atoms with Crippen molar-refractivity contribution in [3.05, 3.63) is 52.3 Å². The summed E-state index contributed by atoms with van der Waals surface area (Å²) in [5, 5.41) is 4.74. The second-order valence-electron chi connectivity index (χ2n) is 10.6. The summed E-state index contributed by atoms with van der Waals surface area (Å²) in [5.41, 5.74) is 5.05. The summed E-state index contributed by atoms with van der Waals surface area (Å²) in [7, 11) is 0. The van der Waals surface area contributed by atoms with E-state index < -0.39 is 0 Å². The van der Waals surface area contributed by atoms with Crippen LogP contribution >= 0.6 is 0 Å². The van der Waals surface area contributed by atoms with Gasteiger partial charge in [-0.05, 0) is 73.1 Å². The predicted molar refractivity (Wildman–Crippen MR) is 116 cm³/mol. The molecule has 31 heavy (non-hydrogen) atoms. The number of hydrogen-bond donors (Lipinski definition) is 0. The van der Waals surface area contributed by atoms with Crippen molar-refractivity contribution < 1.29 is 9.59 Å². The van der Waals surface area contributed by atoms with E-state index in [1.54, 1.807) is 0 Å². The molecule has 4 aliphatic carbocycles. The SMILES string of the molecule is O=C1CC2(CCN(C(=O)c3ccc4c(c3)C=NC4)CC2)Cc2cn(C34CC(C3)C4)nc21. The first kappa shape index (κ1) is 17.9. The van der Waals surface area contributed by atoms with Gasteiger partial charge in [-0.2, -0.15) is 5.10 Å². The molecule has 1 spiro atoms. The number of benzene rings is 1. The molecule has 1 aromatic carbocycles. The van der Waals surface area contributed by atoms with E-state index in [1.165, 1.54) is 24.8 Å². The Morgan fingerprint density at radius 3 is 2.61 bits per heavy atom. The zero-order valence-electron chi connectivity index (χ0n) is 17.6. The van der Waals surface area contributed by atoms with Crippen LogP contribution in [0, 0.1) is 11.3 Å². The minimum absolute atomic E-state index is 0.0151. The van der Waals surface area contributed by atoms with E-state index in [2.05, 4.69) is 15.9 Å². The van der Waals surface area contributed by atoms with Gasteiger partial charge in [-0.1, -0.05) is 6.07 Å². The molecule has 2 aromatic rings. The van der Waals surface area contributed by atoms with Crippen LogP contribution in [0.2, 0.25) is 0 Å². The Labute approximate surface area is 181 Å². The zero-order chi connectivity index (χ0) is 20.8. The summed E-state index contributed by atoms with van der Waals surface area (Å²) in [4.78, 5) is 32.3. The average molecular weight is 415 g/mol. The molecule has 6 heteroatoms. The van der Waals surface area contributed by atoms with E-state index in [9.17, 15) is 9.59 Å². The monoisotopic (exact) mass is 414 g/mol. The van der Waals surface area contributed by atoms with Crippen molar-refractivity contribution >= 4 is 17.9 Å². The van der Waals surface area contributed by atoms with Crippen LogP contribution in [0.1, 0.15) is 76.1 Å². The molecular formula is C25H26N4O2. The van der Waals surface area contributed by atoms with Gasteiger partial charge < -0.3 is 4.90 Å². The van der Waals surface area contributed by atoms with E-state index in [0.29, 0.717) is 31.7 Å². The molecule has 0 unspecified atom stereocenters. The maximum atomic E-state index is 13.1. The molecule has 8 rings (SSSR count). The summed E-state index contributed by atoms with van der Waals surface area (Å²) in [6.07, 6.45) is 11.0. The fourth-order valence-electron chi connectivity index (χ4n) is 6.58. The number of fused-ring (bicyclic) bond motifs is 2. The fourth-order valence-corrected chi connectivity index (χ4v) is 6.58. The normalized spacial score (nSPS) is 29.4. The molecule has 2 bridgehead atoms. The van der Waals surface area contributed by atoms with Gasteiger partial charge in [-0.15, -0.1) is 0 Å². The molecule has 1 aromatic heterocycles. The minimum Gasteiger partial charge on any atom is -0.339 e. The maximum Gasteiger partial charge on any atom is 0.253 e. The van der Waals surface area contributed by atoms with Crippen LogP contribution in [0.15, 0.2) is 29.4 Å². The fraction of sp³-hybridized carbons (Fsp3) is 0.520. The number of carbonyl (C=O) groups is 2. The lowest BCUT2D eigenvalue weighted by Gasteiger charge is -2.61. The third-order valence-electron chi connectivity index (χ3n) is 8.64. The lowest BCUT2D eigenvalue weighted by atomic mass is 9.50. The Kier molecular flexibility index (Phi) is 3.42. The van der Waals surface area contributed by atoms with Gasteiger partial charge in [-0.3, -0.25) is 19.3 Å². The summed E-state index contributed by atoms with van der Waals surface area (Å²) < 4.78 is 2.13. The molecule has 4 fully saturated rings. The van der Waals surface area contributed by atoms with Gasteiger partial charge >= 0.3 is 0 Å². The average Bonchev–Trinajstić information content (AvgIpc) is 3.32. The van der Waals surface area contributed by atoms with Gasteiger partial charge in [0, 0.05) is 43.0 Å². The number of Topliss-reactive ketones (excluding diaryl/α,β-unsaturated/α-hetero) is 1. The highest BCUT2D eigenvalue weighted by molar-refractivity contribution is 5.98. The highest BCUT2D eigenvalue weighted by atomic mass is 16.2. The molecule has 2 aliphatic heterocycles. The Morgan fingerprint density at radius 2 is 1.87 bits per heavy atom. The van der Waals surface area contributed by atoms with Crippen LogP contribution in [0.25, 0.3) is 0 Å². The lowest BCUT2D eigenvalue weighted by molar-refractivity contribution is -0.0979. The molecule has 0 N–H and O–H groups in total. The van der Waals surface area contributed by atoms with Crippen LogP contribution < -0.4 is 0 Å². The third kappa shape index (κ3) is 2.50. The molecular weight excluding hydrogens is 388 g/mol. The Balaban J connectivity index is 1.08. The highest BCUT2D eigenvalue weighted by Crippen LogP contribution is 2.62. The summed E-state index contributed by atoms with van der Waals surface area (Å²) in [6, 6.07) is 5.91. The molecule has 6 nitrogen and oxygen atoms in total. The van der Waals surface area contributed by atoms with Crippen LogP contribution in [-0.4, -0.2) is 45.7 Å². The van der Waals surface area contributed by atoms with Gasteiger partial charge in [0.1, 0.15) is 5.69 Å². The summed E-state index contributed by atoms with van der Waals surface area (Å²) in [6.45, 7) is 2.14. The maximum absolute atomic E-state index is 13.1. The minimum atomic E-state index is -0.0151. The van der Waals surface area contributed by atoms with Crippen molar-refractivity contribution in [2.24, 2.45) is 16.3 Å². The molecule has 0 radical (unpaired) electrons. The highest BCUT2D eigenvalue weighted by Gasteiger charge is 2.59. The quantitative estimate of drug-likeness (QED) is 0.757. The lowest BCUT2D eigenvalue weighted by Crippen LogP contribution is -2.59. The van der Waals surface area contributed by atoms with Crippen LogP contribution in [0.5, 0.6) is 0 Å². The number of aliphatic imine (C=N–C) groups is 1. The molecule has 0 atom stereocenters. The first-order chi connectivity index (χ1) is 15.0. The predicted octanol–water partition coefficient (Wildman–Crippen LogP) is 3.38. The largest absolute Gasteiger partial charge is 0.339 e. The van der Waals surface area contributed by atoms with Gasteiger partial charge in [-0.25, -0.2) is 0 Å². The van der Waals surface area contributed by atoms with Crippen LogP contribution in [0.4, 0.5) is 0 Å².